The van der Waals surface area contributed by atoms with Crippen molar-refractivity contribution in [2.75, 3.05) is 0 Å². The van der Waals surface area contributed by atoms with Crippen molar-refractivity contribution in [3.8, 4) is 0 Å². The molecule has 1 atom stereocenters. The van der Waals surface area contributed by atoms with Crippen LogP contribution < -0.4 is 5.73 Å². The Balaban J connectivity index is 1.87. The number of nitrogens with two attached hydrogens (primary N) is 1. The lowest BCUT2D eigenvalue weighted by molar-refractivity contribution is -0.0547. The van der Waals surface area contributed by atoms with E-state index in [1.54, 1.807) is 0 Å². The number of halogens is 2. The van der Waals surface area contributed by atoms with Crippen LogP contribution in [0.2, 0.25) is 0 Å². The van der Waals surface area contributed by atoms with E-state index in [9.17, 15) is 8.78 Å². The summed E-state index contributed by atoms with van der Waals surface area (Å²) in [5, 5.41) is 0. The molecule has 0 aromatic heterocycles. The van der Waals surface area contributed by atoms with E-state index in [0.29, 0.717) is 12.8 Å². The fourth-order valence-corrected chi connectivity index (χ4v) is 3.78. The molecular formula is C16H21F2N. The summed E-state index contributed by atoms with van der Waals surface area (Å²) in [6.07, 6.45) is 4.04. The summed E-state index contributed by atoms with van der Waals surface area (Å²) >= 11 is 0. The van der Waals surface area contributed by atoms with Crippen molar-refractivity contribution in [2.24, 2.45) is 5.73 Å². The third kappa shape index (κ3) is 2.40. The molecule has 2 N–H and O–H groups in total. The molecule has 1 saturated carbocycles. The molecule has 19 heavy (non-hydrogen) atoms. The predicted molar refractivity (Wildman–Crippen MR) is 72.5 cm³/mol. The third-order valence-electron chi connectivity index (χ3n) is 4.98. The Morgan fingerprint density at radius 1 is 1.05 bits per heavy atom. The Kier molecular flexibility index (Phi) is 3.12. The maximum Gasteiger partial charge on any atom is 0.248 e. The molecule has 0 aliphatic heterocycles. The Morgan fingerprint density at radius 3 is 2.47 bits per heavy atom. The van der Waals surface area contributed by atoms with Gasteiger partial charge in [0.1, 0.15) is 0 Å². The van der Waals surface area contributed by atoms with E-state index in [1.165, 1.54) is 11.1 Å². The molecule has 1 nitrogen and oxygen atoms in total. The van der Waals surface area contributed by atoms with Crippen LogP contribution in [0, 0.1) is 0 Å². The van der Waals surface area contributed by atoms with E-state index in [0.717, 1.165) is 19.3 Å². The van der Waals surface area contributed by atoms with Crippen molar-refractivity contribution >= 4 is 0 Å². The molecule has 0 radical (unpaired) electrons. The predicted octanol–water partition coefficient (Wildman–Crippen LogP) is 4.01. The summed E-state index contributed by atoms with van der Waals surface area (Å²) in [7, 11) is 0. The number of rotatable bonds is 1. The zero-order valence-electron chi connectivity index (χ0n) is 11.2. The van der Waals surface area contributed by atoms with Crippen molar-refractivity contribution in [1.29, 1.82) is 0 Å². The van der Waals surface area contributed by atoms with Crippen molar-refractivity contribution in [2.45, 2.75) is 62.3 Å². The Hall–Kier alpha value is -0.960. The lowest BCUT2D eigenvalue weighted by atomic mass is 9.65. The van der Waals surface area contributed by atoms with Gasteiger partial charge in [0.2, 0.25) is 5.92 Å². The fourth-order valence-electron chi connectivity index (χ4n) is 3.78. The minimum atomic E-state index is -2.50. The average molecular weight is 265 g/mol. The van der Waals surface area contributed by atoms with Gasteiger partial charge in [0, 0.05) is 24.3 Å². The quantitative estimate of drug-likeness (QED) is 0.815. The van der Waals surface area contributed by atoms with Crippen LogP contribution in [0.3, 0.4) is 0 Å². The van der Waals surface area contributed by atoms with Gasteiger partial charge in [-0.05, 0) is 43.2 Å². The van der Waals surface area contributed by atoms with Crippen molar-refractivity contribution in [1.82, 2.24) is 0 Å². The van der Waals surface area contributed by atoms with E-state index in [1.807, 2.05) is 6.07 Å². The van der Waals surface area contributed by atoms with Gasteiger partial charge in [0.05, 0.1) is 0 Å². The molecule has 2 aliphatic rings. The molecule has 1 aromatic carbocycles. The number of aryl methyl sites for hydroxylation is 1. The van der Waals surface area contributed by atoms with E-state index in [2.05, 4.69) is 18.2 Å². The molecule has 1 fully saturated rings. The Bertz CT molecular complexity index is 460. The van der Waals surface area contributed by atoms with Crippen LogP contribution in [0.25, 0.3) is 0 Å². The first kappa shape index (κ1) is 13.0. The Morgan fingerprint density at radius 2 is 1.74 bits per heavy atom. The molecule has 1 unspecified atom stereocenters. The van der Waals surface area contributed by atoms with Gasteiger partial charge in [0.25, 0.3) is 0 Å². The molecule has 2 aliphatic carbocycles. The first-order valence-electron chi connectivity index (χ1n) is 7.25. The van der Waals surface area contributed by atoms with E-state index >= 15 is 0 Å². The molecule has 104 valence electrons. The second-order valence-corrected chi connectivity index (χ2v) is 6.23. The topological polar surface area (TPSA) is 26.0 Å². The van der Waals surface area contributed by atoms with Crippen LogP contribution in [-0.4, -0.2) is 11.5 Å². The average Bonchev–Trinajstić information content (AvgIpc) is 2.42. The molecule has 0 bridgehead atoms. The summed E-state index contributed by atoms with van der Waals surface area (Å²) < 4.78 is 26.7. The normalized spacial score (nSPS) is 28.7. The van der Waals surface area contributed by atoms with Crippen LogP contribution in [0.4, 0.5) is 8.78 Å². The molecule has 0 spiro atoms. The minimum Gasteiger partial charge on any atom is -0.325 e. The highest BCUT2D eigenvalue weighted by Crippen LogP contribution is 2.47. The SMILES string of the molecule is NC1(C2CCCc3ccccc32)CCC(F)(F)CC1. The smallest absolute Gasteiger partial charge is 0.248 e. The van der Waals surface area contributed by atoms with Gasteiger partial charge < -0.3 is 5.73 Å². The highest BCUT2D eigenvalue weighted by atomic mass is 19.3. The zero-order chi connectivity index (χ0) is 13.5. The van der Waals surface area contributed by atoms with E-state index < -0.39 is 11.5 Å². The van der Waals surface area contributed by atoms with Crippen LogP contribution in [-0.2, 0) is 6.42 Å². The molecule has 0 heterocycles. The van der Waals surface area contributed by atoms with E-state index in [4.69, 9.17) is 5.73 Å². The van der Waals surface area contributed by atoms with E-state index in [-0.39, 0.29) is 18.8 Å². The minimum absolute atomic E-state index is 0.0534. The maximum absolute atomic E-state index is 13.4. The third-order valence-corrected chi connectivity index (χ3v) is 4.98. The largest absolute Gasteiger partial charge is 0.325 e. The lowest BCUT2D eigenvalue weighted by Crippen LogP contribution is -2.51. The summed E-state index contributed by atoms with van der Waals surface area (Å²) in [5.41, 5.74) is 8.77. The van der Waals surface area contributed by atoms with Crippen LogP contribution in [0.5, 0.6) is 0 Å². The lowest BCUT2D eigenvalue weighted by Gasteiger charge is -2.45. The van der Waals surface area contributed by atoms with Gasteiger partial charge in [-0.1, -0.05) is 24.3 Å². The molecule has 1 aromatic rings. The zero-order valence-corrected chi connectivity index (χ0v) is 11.2. The fraction of sp³-hybridized carbons (Fsp3) is 0.625. The van der Waals surface area contributed by atoms with Crippen molar-refractivity contribution in [3.63, 3.8) is 0 Å². The van der Waals surface area contributed by atoms with Gasteiger partial charge in [-0.25, -0.2) is 8.78 Å². The van der Waals surface area contributed by atoms with Crippen LogP contribution in [0.1, 0.15) is 55.6 Å². The standard InChI is InChI=1S/C16H21F2N/c17-16(18)10-8-15(19,9-11-16)14-7-3-5-12-4-1-2-6-13(12)14/h1-2,4,6,14H,3,5,7-11,19H2. The molecule has 0 saturated heterocycles. The number of hydrogen-bond donors (Lipinski definition) is 1. The summed E-state index contributed by atoms with van der Waals surface area (Å²) in [5.74, 6) is -2.25. The number of fused-ring (bicyclic) bond motifs is 1. The number of hydrogen-bond acceptors (Lipinski definition) is 1. The van der Waals surface area contributed by atoms with Gasteiger partial charge in [-0.2, -0.15) is 0 Å². The maximum atomic E-state index is 13.4. The van der Waals surface area contributed by atoms with Gasteiger partial charge >= 0.3 is 0 Å². The molecule has 0 amide bonds. The second-order valence-electron chi connectivity index (χ2n) is 6.23. The molecule has 3 rings (SSSR count). The second kappa shape index (κ2) is 4.55. The monoisotopic (exact) mass is 265 g/mol. The number of alkyl halides is 2. The van der Waals surface area contributed by atoms with Gasteiger partial charge in [-0.15, -0.1) is 0 Å². The summed E-state index contributed by atoms with van der Waals surface area (Å²) in [4.78, 5) is 0. The Labute approximate surface area is 113 Å². The highest BCUT2D eigenvalue weighted by Gasteiger charge is 2.46. The van der Waals surface area contributed by atoms with Crippen molar-refractivity contribution < 1.29 is 8.78 Å². The number of benzene rings is 1. The molecular weight excluding hydrogens is 244 g/mol. The van der Waals surface area contributed by atoms with Crippen LogP contribution >= 0.6 is 0 Å². The molecule has 3 heteroatoms. The van der Waals surface area contributed by atoms with Crippen molar-refractivity contribution in [3.05, 3.63) is 35.4 Å². The van der Waals surface area contributed by atoms with Crippen LogP contribution in [0.15, 0.2) is 24.3 Å². The highest BCUT2D eigenvalue weighted by molar-refractivity contribution is 5.35. The summed E-state index contributed by atoms with van der Waals surface area (Å²) in [6, 6.07) is 8.39. The first-order chi connectivity index (χ1) is 9.00. The first-order valence-corrected chi connectivity index (χ1v) is 7.25. The van der Waals surface area contributed by atoms with Gasteiger partial charge in [0.15, 0.2) is 0 Å². The van der Waals surface area contributed by atoms with Gasteiger partial charge in [-0.3, -0.25) is 0 Å². The summed E-state index contributed by atoms with van der Waals surface area (Å²) in [6.45, 7) is 0.